The van der Waals surface area contributed by atoms with Gasteiger partial charge < -0.3 is 10.2 Å². The molecule has 0 aromatic carbocycles. The van der Waals surface area contributed by atoms with E-state index in [9.17, 15) is 13.2 Å². The van der Waals surface area contributed by atoms with E-state index in [4.69, 9.17) is 10.2 Å². The Bertz CT molecular complexity index is 292. The molecular formula is C9H12F3NO. The van der Waals surface area contributed by atoms with Crippen molar-refractivity contribution in [2.75, 3.05) is 0 Å². The molecule has 0 unspecified atom stereocenters. The maximum absolute atomic E-state index is 12.0. The average Bonchev–Trinajstić information content (AvgIpc) is 2.48. The number of rotatable bonds is 3. The molecule has 2 N–H and O–H groups in total. The molecule has 0 saturated heterocycles. The molecule has 0 amide bonds. The summed E-state index contributed by atoms with van der Waals surface area (Å²) in [5.74, 6) is 0.844. The number of aryl methyl sites for hydroxylation is 1. The quantitative estimate of drug-likeness (QED) is 0.827. The maximum atomic E-state index is 12.0. The van der Waals surface area contributed by atoms with Crippen LogP contribution in [0, 0.1) is 0 Å². The fourth-order valence-corrected chi connectivity index (χ4v) is 1.13. The first-order valence-corrected chi connectivity index (χ1v) is 4.33. The van der Waals surface area contributed by atoms with Crippen molar-refractivity contribution in [1.82, 2.24) is 0 Å². The average molecular weight is 207 g/mol. The van der Waals surface area contributed by atoms with Crippen molar-refractivity contribution in [2.24, 2.45) is 5.73 Å². The predicted octanol–water partition coefficient (Wildman–Crippen LogP) is 2.79. The van der Waals surface area contributed by atoms with E-state index in [0.29, 0.717) is 12.2 Å². The van der Waals surface area contributed by atoms with Crippen molar-refractivity contribution in [3.05, 3.63) is 23.7 Å². The van der Waals surface area contributed by atoms with E-state index in [1.165, 1.54) is 6.07 Å². The fraction of sp³-hybridized carbons (Fsp3) is 0.556. The second kappa shape index (κ2) is 4.04. The lowest BCUT2D eigenvalue weighted by Crippen LogP contribution is -2.19. The van der Waals surface area contributed by atoms with E-state index in [1.54, 1.807) is 6.07 Å². The molecule has 0 saturated carbocycles. The van der Waals surface area contributed by atoms with Gasteiger partial charge >= 0.3 is 6.18 Å². The number of nitrogens with two attached hydrogens (primary N) is 1. The third-order valence-corrected chi connectivity index (χ3v) is 1.85. The van der Waals surface area contributed by atoms with Gasteiger partial charge in [0.2, 0.25) is 0 Å². The molecule has 0 bridgehead atoms. The van der Waals surface area contributed by atoms with Crippen LogP contribution in [0.2, 0.25) is 0 Å². The van der Waals surface area contributed by atoms with Gasteiger partial charge in [-0.05, 0) is 12.1 Å². The molecule has 5 heteroatoms. The van der Waals surface area contributed by atoms with Crippen molar-refractivity contribution in [2.45, 2.75) is 32.0 Å². The zero-order chi connectivity index (χ0) is 10.8. The molecule has 1 rings (SSSR count). The van der Waals surface area contributed by atoms with Gasteiger partial charge in [-0.2, -0.15) is 13.2 Å². The summed E-state index contributed by atoms with van der Waals surface area (Å²) >= 11 is 0. The molecule has 0 radical (unpaired) electrons. The Hall–Kier alpha value is -0.970. The van der Waals surface area contributed by atoms with Gasteiger partial charge in [0, 0.05) is 6.42 Å². The van der Waals surface area contributed by atoms with Gasteiger partial charge in [0.1, 0.15) is 11.5 Å². The monoisotopic (exact) mass is 207 g/mol. The van der Waals surface area contributed by atoms with Crippen LogP contribution in [-0.4, -0.2) is 6.18 Å². The van der Waals surface area contributed by atoms with Crippen LogP contribution in [0.4, 0.5) is 13.2 Å². The first-order valence-electron chi connectivity index (χ1n) is 4.33. The van der Waals surface area contributed by atoms with Crippen LogP contribution in [0.5, 0.6) is 0 Å². The normalized spacial score (nSPS) is 14.4. The second-order valence-electron chi connectivity index (χ2n) is 3.08. The summed E-state index contributed by atoms with van der Waals surface area (Å²) in [6.07, 6.45) is -4.65. The van der Waals surface area contributed by atoms with Gasteiger partial charge in [0.15, 0.2) is 0 Å². The Morgan fingerprint density at radius 3 is 2.50 bits per heavy atom. The van der Waals surface area contributed by atoms with Gasteiger partial charge in [-0.1, -0.05) is 6.92 Å². The molecular weight excluding hydrogens is 195 g/mol. The highest BCUT2D eigenvalue weighted by Crippen LogP contribution is 2.28. The molecule has 1 aromatic rings. The van der Waals surface area contributed by atoms with Crippen LogP contribution in [0.25, 0.3) is 0 Å². The van der Waals surface area contributed by atoms with Crippen molar-refractivity contribution >= 4 is 0 Å². The highest BCUT2D eigenvalue weighted by atomic mass is 19.4. The summed E-state index contributed by atoms with van der Waals surface area (Å²) in [5, 5.41) is 0. The summed E-state index contributed by atoms with van der Waals surface area (Å²) in [6.45, 7) is 1.86. The second-order valence-corrected chi connectivity index (χ2v) is 3.08. The van der Waals surface area contributed by atoms with Crippen LogP contribution in [0.15, 0.2) is 16.5 Å². The first kappa shape index (κ1) is 11.1. The van der Waals surface area contributed by atoms with E-state index in [1.807, 2.05) is 6.92 Å². The molecule has 1 atom stereocenters. The minimum absolute atomic E-state index is 0.194. The highest BCUT2D eigenvalue weighted by Gasteiger charge is 2.32. The Balaban J connectivity index is 2.65. The minimum Gasteiger partial charge on any atom is -0.464 e. The molecule has 0 aliphatic rings. The lowest BCUT2D eigenvalue weighted by Gasteiger charge is -2.11. The molecule has 2 nitrogen and oxygen atoms in total. The van der Waals surface area contributed by atoms with Crippen LogP contribution >= 0.6 is 0 Å². The summed E-state index contributed by atoms with van der Waals surface area (Å²) in [5.41, 5.74) is 5.34. The highest BCUT2D eigenvalue weighted by molar-refractivity contribution is 5.10. The van der Waals surface area contributed by atoms with Gasteiger partial charge in [0.25, 0.3) is 0 Å². The Labute approximate surface area is 79.9 Å². The summed E-state index contributed by atoms with van der Waals surface area (Å²) in [6, 6.07) is 2.04. The van der Waals surface area contributed by atoms with E-state index in [-0.39, 0.29) is 5.76 Å². The SMILES string of the molecule is CCc1ccc([C@H](N)CC(F)(F)F)o1. The van der Waals surface area contributed by atoms with Crippen molar-refractivity contribution < 1.29 is 17.6 Å². The molecule has 14 heavy (non-hydrogen) atoms. The number of halogens is 3. The van der Waals surface area contributed by atoms with E-state index in [2.05, 4.69) is 0 Å². The Morgan fingerprint density at radius 2 is 2.07 bits per heavy atom. The van der Waals surface area contributed by atoms with Crippen molar-refractivity contribution in [3.8, 4) is 0 Å². The smallest absolute Gasteiger partial charge is 0.391 e. The summed E-state index contributed by atoms with van der Waals surface area (Å²) in [4.78, 5) is 0. The largest absolute Gasteiger partial charge is 0.464 e. The maximum Gasteiger partial charge on any atom is 0.391 e. The van der Waals surface area contributed by atoms with Crippen molar-refractivity contribution in [1.29, 1.82) is 0 Å². The van der Waals surface area contributed by atoms with Crippen molar-refractivity contribution in [3.63, 3.8) is 0 Å². The predicted molar refractivity (Wildman–Crippen MR) is 45.7 cm³/mol. The molecule has 80 valence electrons. The molecule has 0 spiro atoms. The standard InChI is InChI=1S/C9H12F3NO/c1-2-6-3-4-8(14-6)7(13)5-9(10,11)12/h3-4,7H,2,5,13H2,1H3/t7-/m1/s1. The third-order valence-electron chi connectivity index (χ3n) is 1.85. The van der Waals surface area contributed by atoms with Crippen LogP contribution in [0.1, 0.15) is 30.9 Å². The summed E-state index contributed by atoms with van der Waals surface area (Å²) in [7, 11) is 0. The topological polar surface area (TPSA) is 39.2 Å². The minimum atomic E-state index is -4.25. The van der Waals surface area contributed by atoms with Gasteiger partial charge in [0.05, 0.1) is 12.5 Å². The van der Waals surface area contributed by atoms with Crippen LogP contribution in [-0.2, 0) is 6.42 Å². The molecule has 0 aliphatic heterocycles. The fourth-order valence-electron chi connectivity index (χ4n) is 1.13. The number of hydrogen-bond donors (Lipinski definition) is 1. The Morgan fingerprint density at radius 1 is 1.43 bits per heavy atom. The van der Waals surface area contributed by atoms with E-state index < -0.39 is 18.6 Å². The zero-order valence-electron chi connectivity index (χ0n) is 7.77. The molecule has 0 fully saturated rings. The summed E-state index contributed by atoms with van der Waals surface area (Å²) < 4.78 is 41.0. The molecule has 1 heterocycles. The number of furan rings is 1. The number of hydrogen-bond acceptors (Lipinski definition) is 2. The Kier molecular flexibility index (Phi) is 3.21. The van der Waals surface area contributed by atoms with Crippen LogP contribution in [0.3, 0.4) is 0 Å². The third kappa shape index (κ3) is 3.06. The van der Waals surface area contributed by atoms with Gasteiger partial charge in [-0.25, -0.2) is 0 Å². The van der Waals surface area contributed by atoms with Gasteiger partial charge in [-0.15, -0.1) is 0 Å². The first-order chi connectivity index (χ1) is 6.42. The molecule has 0 aliphatic carbocycles. The van der Waals surface area contributed by atoms with Gasteiger partial charge in [-0.3, -0.25) is 0 Å². The zero-order valence-corrected chi connectivity index (χ0v) is 7.77. The molecule has 1 aromatic heterocycles. The van der Waals surface area contributed by atoms with E-state index >= 15 is 0 Å². The lowest BCUT2D eigenvalue weighted by molar-refractivity contribution is -0.139. The lowest BCUT2D eigenvalue weighted by atomic mass is 10.1. The number of alkyl halides is 3. The van der Waals surface area contributed by atoms with Crippen LogP contribution < -0.4 is 5.73 Å². The van der Waals surface area contributed by atoms with E-state index in [0.717, 1.165) is 0 Å².